The van der Waals surface area contributed by atoms with E-state index in [1.807, 2.05) is 12.1 Å². The van der Waals surface area contributed by atoms with E-state index in [0.717, 1.165) is 55.8 Å². The summed E-state index contributed by atoms with van der Waals surface area (Å²) in [6.45, 7) is 1.84. The second kappa shape index (κ2) is 6.56. The molecule has 0 spiro atoms. The lowest BCUT2D eigenvalue weighted by molar-refractivity contribution is 0.0971. The largest absolute Gasteiger partial charge is 0.354 e. The molecule has 1 aliphatic carbocycles. The van der Waals surface area contributed by atoms with E-state index in [1.54, 1.807) is 0 Å². The summed E-state index contributed by atoms with van der Waals surface area (Å²) in [4.78, 5) is 19.2. The molecule has 1 atom stereocenters. The zero-order valence-corrected chi connectivity index (χ0v) is 12.7. The molecular weight excluding hydrogens is 262 g/mol. The molecule has 0 bridgehead atoms. The van der Waals surface area contributed by atoms with Crippen LogP contribution in [0, 0.1) is 0 Å². The summed E-state index contributed by atoms with van der Waals surface area (Å²) in [7, 11) is 0. The van der Waals surface area contributed by atoms with Crippen molar-refractivity contribution in [1.82, 2.24) is 4.98 Å². The van der Waals surface area contributed by atoms with Gasteiger partial charge in [-0.25, -0.2) is 4.98 Å². The van der Waals surface area contributed by atoms with Gasteiger partial charge in [0.1, 0.15) is 5.82 Å². The SMILES string of the molecule is NCCCC1CCCCN1c1ccc2c(n1)CCCC2=O. The molecule has 1 saturated heterocycles. The van der Waals surface area contributed by atoms with E-state index in [-0.39, 0.29) is 5.78 Å². The Morgan fingerprint density at radius 1 is 1.24 bits per heavy atom. The highest BCUT2D eigenvalue weighted by Crippen LogP contribution is 2.28. The molecule has 0 radical (unpaired) electrons. The van der Waals surface area contributed by atoms with Crippen LogP contribution in [0.25, 0.3) is 0 Å². The van der Waals surface area contributed by atoms with Gasteiger partial charge < -0.3 is 10.6 Å². The summed E-state index contributed by atoms with van der Waals surface area (Å²) in [5.74, 6) is 1.32. The lowest BCUT2D eigenvalue weighted by Gasteiger charge is -2.37. The van der Waals surface area contributed by atoms with E-state index in [4.69, 9.17) is 10.7 Å². The van der Waals surface area contributed by atoms with Crippen LogP contribution >= 0.6 is 0 Å². The third kappa shape index (κ3) is 3.10. The molecule has 1 unspecified atom stereocenters. The van der Waals surface area contributed by atoms with Gasteiger partial charge in [-0.2, -0.15) is 0 Å². The van der Waals surface area contributed by atoms with E-state index in [2.05, 4.69) is 4.90 Å². The molecule has 114 valence electrons. The average Bonchev–Trinajstić information content (AvgIpc) is 2.53. The highest BCUT2D eigenvalue weighted by atomic mass is 16.1. The zero-order chi connectivity index (χ0) is 14.7. The van der Waals surface area contributed by atoms with Gasteiger partial charge in [0.05, 0.1) is 5.69 Å². The Hall–Kier alpha value is -1.42. The summed E-state index contributed by atoms with van der Waals surface area (Å²) >= 11 is 0. The van der Waals surface area contributed by atoms with E-state index in [1.165, 1.54) is 19.3 Å². The molecule has 0 aromatic carbocycles. The predicted molar refractivity (Wildman–Crippen MR) is 84.8 cm³/mol. The fourth-order valence-corrected chi connectivity index (χ4v) is 3.60. The normalized spacial score (nSPS) is 22.2. The number of rotatable bonds is 4. The maximum atomic E-state index is 11.9. The molecule has 4 nitrogen and oxygen atoms in total. The molecule has 1 aliphatic heterocycles. The Morgan fingerprint density at radius 3 is 3.00 bits per heavy atom. The molecule has 1 fully saturated rings. The van der Waals surface area contributed by atoms with Gasteiger partial charge in [0.15, 0.2) is 5.78 Å². The van der Waals surface area contributed by atoms with Crippen LogP contribution in [0.5, 0.6) is 0 Å². The first kappa shape index (κ1) is 14.5. The van der Waals surface area contributed by atoms with Crippen molar-refractivity contribution in [3.05, 3.63) is 23.4 Å². The second-order valence-corrected chi connectivity index (χ2v) is 6.21. The molecule has 2 aliphatic rings. The van der Waals surface area contributed by atoms with Crippen LogP contribution in [0.15, 0.2) is 12.1 Å². The van der Waals surface area contributed by atoms with Crippen LogP contribution in [0.1, 0.15) is 61.0 Å². The van der Waals surface area contributed by atoms with Crippen LogP contribution in [-0.4, -0.2) is 29.9 Å². The zero-order valence-electron chi connectivity index (χ0n) is 12.7. The van der Waals surface area contributed by atoms with Crippen LogP contribution < -0.4 is 10.6 Å². The minimum Gasteiger partial charge on any atom is -0.354 e. The van der Waals surface area contributed by atoms with Gasteiger partial charge in [0.2, 0.25) is 0 Å². The fraction of sp³-hybridized carbons (Fsp3) is 0.647. The Bertz CT molecular complexity index is 515. The van der Waals surface area contributed by atoms with Crippen molar-refractivity contribution in [3.8, 4) is 0 Å². The van der Waals surface area contributed by atoms with E-state index in [0.29, 0.717) is 12.5 Å². The summed E-state index contributed by atoms with van der Waals surface area (Å²) < 4.78 is 0. The van der Waals surface area contributed by atoms with Crippen LogP contribution in [0.4, 0.5) is 5.82 Å². The van der Waals surface area contributed by atoms with Crippen molar-refractivity contribution < 1.29 is 4.79 Å². The quantitative estimate of drug-likeness (QED) is 0.925. The number of hydrogen-bond donors (Lipinski definition) is 1. The number of nitrogens with zero attached hydrogens (tertiary/aromatic N) is 2. The van der Waals surface area contributed by atoms with Crippen molar-refractivity contribution >= 4 is 11.6 Å². The van der Waals surface area contributed by atoms with Gasteiger partial charge in [0, 0.05) is 24.6 Å². The van der Waals surface area contributed by atoms with Crippen molar-refractivity contribution in [3.63, 3.8) is 0 Å². The summed E-state index contributed by atoms with van der Waals surface area (Å²) in [6, 6.07) is 4.60. The Labute approximate surface area is 126 Å². The minimum atomic E-state index is 0.258. The fourth-order valence-electron chi connectivity index (χ4n) is 3.60. The molecule has 21 heavy (non-hydrogen) atoms. The number of nitrogens with two attached hydrogens (primary N) is 1. The number of fused-ring (bicyclic) bond motifs is 1. The highest BCUT2D eigenvalue weighted by Gasteiger charge is 2.25. The third-order valence-corrected chi connectivity index (χ3v) is 4.74. The maximum absolute atomic E-state index is 11.9. The number of Topliss-reactive ketones (excluding diaryl/α,β-unsaturated/α-hetero) is 1. The maximum Gasteiger partial charge on any atom is 0.164 e. The molecule has 4 heteroatoms. The molecule has 3 rings (SSSR count). The number of ketones is 1. The molecule has 1 aromatic heterocycles. The van der Waals surface area contributed by atoms with E-state index in [9.17, 15) is 4.79 Å². The van der Waals surface area contributed by atoms with Crippen molar-refractivity contribution in [1.29, 1.82) is 0 Å². The first-order chi connectivity index (χ1) is 10.3. The van der Waals surface area contributed by atoms with Gasteiger partial charge in [0.25, 0.3) is 0 Å². The number of anilines is 1. The monoisotopic (exact) mass is 287 g/mol. The van der Waals surface area contributed by atoms with Crippen molar-refractivity contribution in [2.24, 2.45) is 5.73 Å². The van der Waals surface area contributed by atoms with E-state index >= 15 is 0 Å². The summed E-state index contributed by atoms with van der Waals surface area (Å²) in [6.07, 6.45) is 8.55. The third-order valence-electron chi connectivity index (χ3n) is 4.74. The van der Waals surface area contributed by atoms with Gasteiger partial charge in [-0.05, 0) is 63.6 Å². The summed E-state index contributed by atoms with van der Waals surface area (Å²) in [5, 5.41) is 0. The molecule has 1 aromatic rings. The molecule has 2 N–H and O–H groups in total. The molecular formula is C17H25N3O. The Kier molecular flexibility index (Phi) is 4.54. The van der Waals surface area contributed by atoms with Crippen LogP contribution in [0.3, 0.4) is 0 Å². The predicted octanol–water partition coefficient (Wildman–Crippen LogP) is 2.70. The van der Waals surface area contributed by atoms with Crippen LogP contribution in [0.2, 0.25) is 0 Å². The lowest BCUT2D eigenvalue weighted by Crippen LogP contribution is -2.40. The topological polar surface area (TPSA) is 59.2 Å². The molecule has 2 heterocycles. The molecule has 0 saturated carbocycles. The van der Waals surface area contributed by atoms with E-state index < -0.39 is 0 Å². The van der Waals surface area contributed by atoms with Crippen molar-refractivity contribution in [2.75, 3.05) is 18.0 Å². The highest BCUT2D eigenvalue weighted by molar-refractivity contribution is 5.98. The standard InChI is InChI=1S/C17H25N3O/c18-11-4-6-13-5-1-2-12-20(13)17-10-9-14-15(19-17)7-3-8-16(14)21/h9-10,13H,1-8,11-12,18H2. The van der Waals surface area contributed by atoms with Crippen molar-refractivity contribution in [2.45, 2.75) is 57.4 Å². The first-order valence-corrected chi connectivity index (χ1v) is 8.29. The van der Waals surface area contributed by atoms with Gasteiger partial charge in [-0.1, -0.05) is 0 Å². The number of aryl methyl sites for hydroxylation is 1. The number of piperidine rings is 1. The number of hydrogen-bond acceptors (Lipinski definition) is 4. The second-order valence-electron chi connectivity index (χ2n) is 6.21. The minimum absolute atomic E-state index is 0.258. The first-order valence-electron chi connectivity index (χ1n) is 8.29. The van der Waals surface area contributed by atoms with Gasteiger partial charge in [-0.15, -0.1) is 0 Å². The Balaban J connectivity index is 1.82. The number of pyridine rings is 1. The summed E-state index contributed by atoms with van der Waals surface area (Å²) in [5.41, 5.74) is 7.52. The lowest BCUT2D eigenvalue weighted by atomic mass is 9.94. The Morgan fingerprint density at radius 2 is 2.14 bits per heavy atom. The number of carbonyl (C=O) groups is 1. The average molecular weight is 287 g/mol. The number of carbonyl (C=O) groups excluding carboxylic acids is 1. The number of aromatic nitrogens is 1. The van der Waals surface area contributed by atoms with Gasteiger partial charge >= 0.3 is 0 Å². The smallest absolute Gasteiger partial charge is 0.164 e. The van der Waals surface area contributed by atoms with Crippen LogP contribution in [-0.2, 0) is 6.42 Å². The van der Waals surface area contributed by atoms with Gasteiger partial charge in [-0.3, -0.25) is 4.79 Å². The molecule has 0 amide bonds.